The standard InChI is InChI=1S/C24H21BrN2O3/c25-21-14-19(11-12-22(21)28)13-20(23(29)26-15-17-7-3-1-4-8-17)24(30)27-16-18-9-5-2-6-10-18/h1-14,28H,15-16H2,(H,26,29)(H,27,30). The molecule has 3 N–H and O–H groups in total. The van der Waals surface area contributed by atoms with Gasteiger partial charge in [-0.05, 0) is 50.8 Å². The maximum Gasteiger partial charge on any atom is 0.257 e. The molecule has 0 radical (unpaired) electrons. The molecule has 0 fully saturated rings. The maximum absolute atomic E-state index is 12.8. The molecule has 0 aromatic heterocycles. The van der Waals surface area contributed by atoms with Crippen LogP contribution in [0.3, 0.4) is 0 Å². The molecule has 2 amide bonds. The molecule has 0 aliphatic carbocycles. The number of hydrogen-bond acceptors (Lipinski definition) is 3. The number of benzene rings is 3. The number of phenolic OH excluding ortho intramolecular Hbond substituents is 1. The van der Waals surface area contributed by atoms with E-state index in [9.17, 15) is 14.7 Å². The lowest BCUT2D eigenvalue weighted by Gasteiger charge is -2.11. The molecule has 0 heterocycles. The van der Waals surface area contributed by atoms with E-state index < -0.39 is 11.8 Å². The van der Waals surface area contributed by atoms with Crippen molar-refractivity contribution < 1.29 is 14.7 Å². The first-order chi connectivity index (χ1) is 14.5. The highest BCUT2D eigenvalue weighted by molar-refractivity contribution is 9.10. The quantitative estimate of drug-likeness (QED) is 0.279. The van der Waals surface area contributed by atoms with Gasteiger partial charge >= 0.3 is 0 Å². The van der Waals surface area contributed by atoms with E-state index in [2.05, 4.69) is 26.6 Å². The average Bonchev–Trinajstić information content (AvgIpc) is 2.78. The highest BCUT2D eigenvalue weighted by Gasteiger charge is 2.18. The Bertz CT molecular complexity index is 993. The Balaban J connectivity index is 1.79. The van der Waals surface area contributed by atoms with Crippen molar-refractivity contribution in [1.82, 2.24) is 10.6 Å². The molecule has 152 valence electrons. The predicted molar refractivity (Wildman–Crippen MR) is 120 cm³/mol. The first-order valence-corrected chi connectivity index (χ1v) is 10.2. The van der Waals surface area contributed by atoms with Gasteiger partial charge in [0.25, 0.3) is 11.8 Å². The third kappa shape index (κ3) is 6.06. The SMILES string of the molecule is O=C(NCc1ccccc1)C(=Cc1ccc(O)c(Br)c1)C(=O)NCc1ccccc1. The number of rotatable bonds is 7. The van der Waals surface area contributed by atoms with Crippen LogP contribution in [0.25, 0.3) is 6.08 Å². The van der Waals surface area contributed by atoms with Crippen LogP contribution in [-0.4, -0.2) is 16.9 Å². The van der Waals surface area contributed by atoms with E-state index in [4.69, 9.17) is 0 Å². The number of halogens is 1. The molecule has 5 nitrogen and oxygen atoms in total. The highest BCUT2D eigenvalue weighted by atomic mass is 79.9. The molecular formula is C24H21BrN2O3. The van der Waals surface area contributed by atoms with Gasteiger partial charge in [0, 0.05) is 13.1 Å². The molecule has 3 aromatic carbocycles. The van der Waals surface area contributed by atoms with Gasteiger partial charge in [-0.25, -0.2) is 0 Å². The van der Waals surface area contributed by atoms with E-state index in [0.717, 1.165) is 11.1 Å². The second-order valence-electron chi connectivity index (χ2n) is 6.61. The summed E-state index contributed by atoms with van der Waals surface area (Å²) in [4.78, 5) is 25.6. The zero-order valence-corrected chi connectivity index (χ0v) is 17.7. The highest BCUT2D eigenvalue weighted by Crippen LogP contribution is 2.25. The molecule has 6 heteroatoms. The Kier molecular flexibility index (Phi) is 7.40. The molecule has 30 heavy (non-hydrogen) atoms. The Morgan fingerprint density at radius 2 is 1.30 bits per heavy atom. The van der Waals surface area contributed by atoms with Crippen LogP contribution in [0.2, 0.25) is 0 Å². The average molecular weight is 465 g/mol. The van der Waals surface area contributed by atoms with Crippen molar-refractivity contribution in [2.45, 2.75) is 13.1 Å². The lowest BCUT2D eigenvalue weighted by atomic mass is 10.1. The van der Waals surface area contributed by atoms with Gasteiger partial charge in [0.1, 0.15) is 11.3 Å². The van der Waals surface area contributed by atoms with E-state index in [1.165, 1.54) is 12.1 Å². The van der Waals surface area contributed by atoms with Gasteiger partial charge in [-0.3, -0.25) is 9.59 Å². The van der Waals surface area contributed by atoms with Crippen LogP contribution in [0.4, 0.5) is 0 Å². The summed E-state index contributed by atoms with van der Waals surface area (Å²) < 4.78 is 0.477. The van der Waals surface area contributed by atoms with E-state index >= 15 is 0 Å². The van der Waals surface area contributed by atoms with Crippen LogP contribution in [0.1, 0.15) is 16.7 Å². The molecule has 0 atom stereocenters. The van der Waals surface area contributed by atoms with Gasteiger partial charge in [-0.1, -0.05) is 66.7 Å². The molecule has 0 saturated heterocycles. The Morgan fingerprint density at radius 1 is 0.800 bits per heavy atom. The van der Waals surface area contributed by atoms with Crippen LogP contribution in [-0.2, 0) is 22.7 Å². The lowest BCUT2D eigenvalue weighted by molar-refractivity contribution is -0.123. The molecule has 0 aliphatic rings. The second kappa shape index (κ2) is 10.4. The lowest BCUT2D eigenvalue weighted by Crippen LogP contribution is -2.34. The molecule has 0 aliphatic heterocycles. The molecule has 0 spiro atoms. The number of phenols is 1. The summed E-state index contributed by atoms with van der Waals surface area (Å²) in [6, 6.07) is 23.7. The van der Waals surface area contributed by atoms with Gasteiger partial charge in [0.05, 0.1) is 4.47 Å². The van der Waals surface area contributed by atoms with Crippen LogP contribution < -0.4 is 10.6 Å². The monoisotopic (exact) mass is 464 g/mol. The van der Waals surface area contributed by atoms with Crippen LogP contribution in [0, 0.1) is 0 Å². The van der Waals surface area contributed by atoms with E-state index in [0.29, 0.717) is 23.1 Å². The zero-order chi connectivity index (χ0) is 21.3. The molecule has 0 unspecified atom stereocenters. The molecule has 3 aromatic rings. The molecule has 3 rings (SSSR count). The largest absolute Gasteiger partial charge is 0.507 e. The minimum Gasteiger partial charge on any atom is -0.507 e. The Morgan fingerprint density at radius 3 is 1.77 bits per heavy atom. The predicted octanol–water partition coefficient (Wildman–Crippen LogP) is 4.17. The van der Waals surface area contributed by atoms with Crippen molar-refractivity contribution >= 4 is 33.8 Å². The van der Waals surface area contributed by atoms with Gasteiger partial charge in [-0.2, -0.15) is 0 Å². The topological polar surface area (TPSA) is 78.4 Å². The van der Waals surface area contributed by atoms with E-state index in [1.807, 2.05) is 60.7 Å². The van der Waals surface area contributed by atoms with Crippen molar-refractivity contribution in [1.29, 1.82) is 0 Å². The number of nitrogens with one attached hydrogen (secondary N) is 2. The van der Waals surface area contributed by atoms with Crippen LogP contribution in [0.15, 0.2) is 88.9 Å². The minimum absolute atomic E-state index is 0.0144. The summed E-state index contributed by atoms with van der Waals surface area (Å²) in [5.74, 6) is -0.877. The normalized spacial score (nSPS) is 10.2. The summed E-state index contributed by atoms with van der Waals surface area (Å²) in [6.07, 6.45) is 1.50. The zero-order valence-electron chi connectivity index (χ0n) is 16.1. The van der Waals surface area contributed by atoms with Crippen LogP contribution >= 0.6 is 15.9 Å². The summed E-state index contributed by atoms with van der Waals surface area (Å²) >= 11 is 3.25. The van der Waals surface area contributed by atoms with E-state index in [-0.39, 0.29) is 11.3 Å². The van der Waals surface area contributed by atoms with Crippen molar-refractivity contribution in [2.75, 3.05) is 0 Å². The number of aromatic hydroxyl groups is 1. The van der Waals surface area contributed by atoms with Crippen molar-refractivity contribution in [3.05, 3.63) is 106 Å². The van der Waals surface area contributed by atoms with Crippen LogP contribution in [0.5, 0.6) is 5.75 Å². The van der Waals surface area contributed by atoms with Gasteiger partial charge in [0.2, 0.25) is 0 Å². The first-order valence-electron chi connectivity index (χ1n) is 9.37. The van der Waals surface area contributed by atoms with Crippen molar-refractivity contribution in [3.63, 3.8) is 0 Å². The number of carbonyl (C=O) groups is 2. The van der Waals surface area contributed by atoms with Crippen molar-refractivity contribution in [2.24, 2.45) is 0 Å². The number of amides is 2. The third-order valence-electron chi connectivity index (χ3n) is 4.36. The maximum atomic E-state index is 12.8. The number of hydrogen-bond donors (Lipinski definition) is 3. The minimum atomic E-state index is -0.478. The smallest absolute Gasteiger partial charge is 0.257 e. The Labute approximate surface area is 183 Å². The van der Waals surface area contributed by atoms with Crippen molar-refractivity contribution in [3.8, 4) is 5.75 Å². The molecule has 0 bridgehead atoms. The second-order valence-corrected chi connectivity index (χ2v) is 7.46. The van der Waals surface area contributed by atoms with Gasteiger partial charge in [-0.15, -0.1) is 0 Å². The fourth-order valence-corrected chi connectivity index (χ4v) is 3.16. The van der Waals surface area contributed by atoms with Gasteiger partial charge in [0.15, 0.2) is 0 Å². The third-order valence-corrected chi connectivity index (χ3v) is 5.00. The molecular weight excluding hydrogens is 444 g/mol. The fourth-order valence-electron chi connectivity index (χ4n) is 2.76. The number of carbonyl (C=O) groups excluding carboxylic acids is 2. The summed E-state index contributed by atoms with van der Waals surface area (Å²) in [5.41, 5.74) is 2.46. The van der Waals surface area contributed by atoms with Gasteiger partial charge < -0.3 is 15.7 Å². The van der Waals surface area contributed by atoms with E-state index in [1.54, 1.807) is 12.1 Å². The Hall–Kier alpha value is -3.38. The summed E-state index contributed by atoms with van der Waals surface area (Å²) in [5, 5.41) is 15.3. The summed E-state index contributed by atoms with van der Waals surface area (Å²) in [6.45, 7) is 0.616. The fraction of sp³-hybridized carbons (Fsp3) is 0.0833. The first kappa shape index (κ1) is 21.3. The molecule has 0 saturated carbocycles. The summed E-state index contributed by atoms with van der Waals surface area (Å²) in [7, 11) is 0.